The van der Waals surface area contributed by atoms with Crippen LogP contribution in [-0.2, 0) is 49.5 Å². The fraction of sp³-hybridized carbons (Fsp3) is 0.500. The third-order valence-electron chi connectivity index (χ3n) is 14.6. The maximum absolute atomic E-state index is 14.9. The molecule has 0 bridgehead atoms. The number of aliphatic carboxylic acids is 2. The summed E-state index contributed by atoms with van der Waals surface area (Å²) in [6, 6.07) is 7.87. The van der Waals surface area contributed by atoms with Gasteiger partial charge in [0.2, 0.25) is 35.4 Å². The number of alkyl halides is 3. The summed E-state index contributed by atoms with van der Waals surface area (Å²) in [7, 11) is 0. The molecule has 3 aliphatic heterocycles. The van der Waals surface area contributed by atoms with E-state index in [1.165, 1.54) is 13.0 Å². The second kappa shape index (κ2) is 28.6. The Hall–Kier alpha value is -8.20. The van der Waals surface area contributed by atoms with Crippen LogP contribution >= 0.6 is 0 Å². The smallest absolute Gasteiger partial charge is 0.490 e. The number of carbonyl (C=O) groups excluding carboxylic acids is 7. The SMILES string of the molecule is C[C@@H](O)[C@@H]1NC(=O)[C@@H](N)C[C@@H](O)CNC(=O)[C@@H]2[C@@H](O)[C@@H](C)CN2C(=O)[C@H]([C@H](O)CCNC(=O)OCC2c3ccccc3-c3ccccc32)NC(=O)[C@H]([C@H](O)Cc2ccc(O)c(OCC(=O)O)c2)NC(=O)[C@@H]2C[C@@H](O)CN2C1=O.O=C(O)C(F)(F)F. The number of alkyl carbamates (subject to hydrolysis) is 1. The molecule has 464 valence electrons. The number of nitrogens with one attached hydrogen (secondary N) is 5. The maximum atomic E-state index is 14.9. The zero-order chi connectivity index (χ0) is 62.8. The highest BCUT2D eigenvalue weighted by atomic mass is 19.4. The average molecular weight is 1210 g/mol. The highest BCUT2D eigenvalue weighted by Gasteiger charge is 2.50. The quantitative estimate of drug-likeness (QED) is 0.0806. The second-order valence-electron chi connectivity index (χ2n) is 20.9. The zero-order valence-corrected chi connectivity index (χ0v) is 45.6. The first-order chi connectivity index (χ1) is 40.0. The Morgan fingerprint density at radius 1 is 0.765 bits per heavy atom. The number of aliphatic hydroxyl groups excluding tert-OH is 6. The largest absolute Gasteiger partial charge is 0.504 e. The van der Waals surface area contributed by atoms with Crippen molar-refractivity contribution in [2.75, 3.05) is 39.4 Å². The van der Waals surface area contributed by atoms with Crippen molar-refractivity contribution in [2.45, 2.75) is 124 Å². The van der Waals surface area contributed by atoms with E-state index in [0.717, 1.165) is 51.1 Å². The van der Waals surface area contributed by atoms with Gasteiger partial charge in [0.25, 0.3) is 0 Å². The van der Waals surface area contributed by atoms with Gasteiger partial charge < -0.3 is 97.5 Å². The Bertz CT molecular complexity index is 2910. The van der Waals surface area contributed by atoms with Crippen LogP contribution in [0.2, 0.25) is 0 Å². The van der Waals surface area contributed by atoms with Crippen molar-refractivity contribution in [3.63, 3.8) is 0 Å². The van der Waals surface area contributed by atoms with Crippen molar-refractivity contribution in [3.8, 4) is 22.6 Å². The number of aliphatic hydroxyl groups is 6. The van der Waals surface area contributed by atoms with E-state index in [2.05, 4.69) is 26.6 Å². The van der Waals surface area contributed by atoms with E-state index < -0.39 is 190 Å². The van der Waals surface area contributed by atoms with Crippen LogP contribution in [0.4, 0.5) is 18.0 Å². The number of carbonyl (C=O) groups is 9. The molecule has 3 aromatic rings. The van der Waals surface area contributed by atoms with Crippen LogP contribution in [-0.4, -0.2) is 228 Å². The lowest BCUT2D eigenvalue weighted by molar-refractivity contribution is -0.192. The Morgan fingerprint density at radius 2 is 1.35 bits per heavy atom. The van der Waals surface area contributed by atoms with E-state index in [1.807, 2.05) is 48.5 Å². The number of aromatic hydroxyl groups is 1. The van der Waals surface area contributed by atoms with E-state index in [0.29, 0.717) is 0 Å². The molecule has 7 rings (SSSR count). The second-order valence-corrected chi connectivity index (χ2v) is 20.9. The minimum atomic E-state index is -5.08. The summed E-state index contributed by atoms with van der Waals surface area (Å²) < 4.78 is 42.5. The minimum absolute atomic E-state index is 0.0690. The number of phenols is 1. The Labute approximate surface area is 482 Å². The minimum Gasteiger partial charge on any atom is -0.504 e. The maximum Gasteiger partial charge on any atom is 0.490 e. The summed E-state index contributed by atoms with van der Waals surface area (Å²) in [5, 5.41) is 106. The molecule has 7 amide bonds. The number of carboxylic acids is 2. The fourth-order valence-corrected chi connectivity index (χ4v) is 10.3. The van der Waals surface area contributed by atoms with Gasteiger partial charge in [0.1, 0.15) is 36.8 Å². The summed E-state index contributed by atoms with van der Waals surface area (Å²) in [5.74, 6) is -12.9. The summed E-state index contributed by atoms with van der Waals surface area (Å²) in [6.45, 7) is -0.128. The lowest BCUT2D eigenvalue weighted by Gasteiger charge is -2.34. The Balaban J connectivity index is 0.00000155. The van der Waals surface area contributed by atoms with E-state index in [4.69, 9.17) is 30.2 Å². The molecule has 0 saturated carbocycles. The molecule has 13 atom stereocenters. The number of fused-ring (bicyclic) bond motifs is 5. The first-order valence-corrected chi connectivity index (χ1v) is 26.7. The number of amides is 7. The van der Waals surface area contributed by atoms with Gasteiger partial charge in [-0.3, -0.25) is 28.8 Å². The Kier molecular flexibility index (Phi) is 22.2. The number of carboxylic acid groups (broad SMARTS) is 2. The Morgan fingerprint density at radius 3 is 1.95 bits per heavy atom. The van der Waals surface area contributed by atoms with Crippen molar-refractivity contribution in [3.05, 3.63) is 83.4 Å². The molecule has 1 aliphatic carbocycles. The summed E-state index contributed by atoms with van der Waals surface area (Å²) in [5.41, 5.74) is 10.0. The molecule has 0 spiro atoms. The molecule has 28 nitrogen and oxygen atoms in total. The molecular formula is C54H67F3N8O20. The number of phenolic OH excluding ortho intramolecular Hbond substituents is 1. The van der Waals surface area contributed by atoms with Crippen molar-refractivity contribution >= 4 is 53.5 Å². The number of nitrogens with two attached hydrogens (primary N) is 1. The predicted molar refractivity (Wildman–Crippen MR) is 284 cm³/mol. The highest BCUT2D eigenvalue weighted by molar-refractivity contribution is 5.98. The lowest BCUT2D eigenvalue weighted by Crippen LogP contribution is -2.64. The van der Waals surface area contributed by atoms with Gasteiger partial charge >= 0.3 is 24.2 Å². The first-order valence-electron chi connectivity index (χ1n) is 26.7. The fourth-order valence-electron chi connectivity index (χ4n) is 10.3. The number of nitrogens with zero attached hydrogens (tertiary/aromatic N) is 2. The standard InChI is InChI=1S/C52H66N8O18.C2HF3O2/c1-24-20-60-44(45(24)69)49(73)55-19-27(62)17-34(53)46(70)56-41(25(2)61)50(74)59-21-28(63)18-35(59)47(71)57-42(38(66)15-26-11-12-36(64)39(16-26)77-23-40(67)68)48(72)58-43(51(60)75)37(65)13-14-54-52(76)78-22-33-31-9-5-3-7-29(31)30-8-4-6-10-32(30)33;3-2(4,5)1(6)7/h3-12,16,24-25,27-28,33-35,37-38,41-45,61-66,69H,13-15,17-23,53H2,1-2H3,(H,54,76)(H,55,73)(H,56,70)(H,57,71)(H,58,72)(H,67,68);(H,6,7)/t24-,25+,27+,28+,34-,35-,37+,38+,41-,42-,43-,44-,45-;/m0./s1. The number of halogens is 3. The van der Waals surface area contributed by atoms with Crippen molar-refractivity contribution < 1.29 is 112 Å². The molecule has 3 heterocycles. The zero-order valence-electron chi connectivity index (χ0n) is 45.6. The molecule has 4 aliphatic rings. The van der Waals surface area contributed by atoms with Gasteiger partial charge in [-0.2, -0.15) is 13.2 Å². The molecule has 85 heavy (non-hydrogen) atoms. The highest BCUT2D eigenvalue weighted by Crippen LogP contribution is 2.44. The summed E-state index contributed by atoms with van der Waals surface area (Å²) in [6.07, 6.45) is -18.1. The van der Waals surface area contributed by atoms with Gasteiger partial charge in [-0.25, -0.2) is 14.4 Å². The molecule has 31 heteroatoms. The number of hydrogen-bond acceptors (Lipinski definition) is 19. The summed E-state index contributed by atoms with van der Waals surface area (Å²) >= 11 is 0. The molecule has 0 radical (unpaired) electrons. The number of benzene rings is 3. The van der Waals surface area contributed by atoms with Crippen molar-refractivity contribution in [1.82, 2.24) is 36.4 Å². The third-order valence-corrected chi connectivity index (χ3v) is 14.6. The summed E-state index contributed by atoms with van der Waals surface area (Å²) in [4.78, 5) is 121. The van der Waals surface area contributed by atoms with Gasteiger partial charge in [-0.05, 0) is 59.7 Å². The molecule has 0 aromatic heterocycles. The van der Waals surface area contributed by atoms with Crippen molar-refractivity contribution in [1.29, 1.82) is 0 Å². The topological polar surface area (TPSA) is 447 Å². The van der Waals surface area contributed by atoms with E-state index in [1.54, 1.807) is 0 Å². The third kappa shape index (κ3) is 16.6. The van der Waals surface area contributed by atoms with Gasteiger partial charge in [-0.15, -0.1) is 0 Å². The molecular weight excluding hydrogens is 1140 g/mol. The van der Waals surface area contributed by atoms with E-state index in [9.17, 15) is 87.3 Å². The van der Waals surface area contributed by atoms with Crippen LogP contribution in [0.3, 0.4) is 0 Å². The first kappa shape index (κ1) is 65.9. The molecule has 3 saturated heterocycles. The molecule has 3 aromatic carbocycles. The van der Waals surface area contributed by atoms with Crippen LogP contribution in [0.25, 0.3) is 11.1 Å². The van der Waals surface area contributed by atoms with Crippen molar-refractivity contribution in [2.24, 2.45) is 11.7 Å². The molecule has 0 unspecified atom stereocenters. The van der Waals surface area contributed by atoms with Crippen LogP contribution < -0.4 is 37.1 Å². The van der Waals surface area contributed by atoms with Gasteiger partial charge in [0.15, 0.2) is 18.1 Å². The monoisotopic (exact) mass is 1200 g/mol. The van der Waals surface area contributed by atoms with Crippen LogP contribution in [0.1, 0.15) is 55.7 Å². The van der Waals surface area contributed by atoms with Gasteiger partial charge in [-0.1, -0.05) is 61.5 Å². The van der Waals surface area contributed by atoms with E-state index in [-0.39, 0.29) is 36.9 Å². The van der Waals surface area contributed by atoms with Crippen LogP contribution in [0.15, 0.2) is 66.7 Å². The van der Waals surface area contributed by atoms with E-state index >= 15 is 0 Å². The molecule has 3 fully saturated rings. The number of β-amino-alcohol motifs (C(OH)–C–C–N with tert-alkyl or cyclic N) is 1. The normalized spacial score (nSPS) is 26.2. The van der Waals surface area contributed by atoms with Gasteiger partial charge in [0.05, 0.1) is 42.7 Å². The van der Waals surface area contributed by atoms with Crippen LogP contribution in [0, 0.1) is 5.92 Å². The van der Waals surface area contributed by atoms with Gasteiger partial charge in [0, 0.05) is 50.9 Å². The lowest BCUT2D eigenvalue weighted by atomic mass is 9.98. The average Bonchev–Trinajstić information content (AvgIpc) is 2.03. The predicted octanol–water partition coefficient (Wildman–Crippen LogP) is -3.11. The number of rotatable bonds is 13. The number of hydrogen-bond donors (Lipinski definition) is 15. The van der Waals surface area contributed by atoms with Crippen LogP contribution in [0.5, 0.6) is 11.5 Å². The molecule has 16 N–H and O–H groups in total. The number of ether oxygens (including phenoxy) is 2.